The third kappa shape index (κ3) is 4.06. The molecule has 0 aliphatic carbocycles. The van der Waals surface area contributed by atoms with Crippen molar-refractivity contribution in [2.45, 2.75) is 4.90 Å². The Kier molecular flexibility index (Phi) is 4.70. The van der Waals surface area contributed by atoms with Crippen LogP contribution in [0.3, 0.4) is 0 Å². The molecule has 1 N–H and O–H groups in total. The lowest BCUT2D eigenvalue weighted by Gasteiger charge is -2.07. The minimum Gasteiger partial charge on any atom is -0.322 e. The SMILES string of the molecule is CS(=O)(=O)c1cccc(NC(=O)c2ccc(Br)c(Cl)c2)c1. The van der Waals surface area contributed by atoms with Crippen molar-refractivity contribution in [2.75, 3.05) is 11.6 Å². The third-order valence-electron chi connectivity index (χ3n) is 2.70. The van der Waals surface area contributed by atoms with Crippen molar-refractivity contribution in [3.63, 3.8) is 0 Å². The van der Waals surface area contributed by atoms with E-state index in [9.17, 15) is 13.2 Å². The van der Waals surface area contributed by atoms with Crippen LogP contribution in [0.5, 0.6) is 0 Å². The number of sulfone groups is 1. The number of halogens is 2. The molecule has 0 saturated carbocycles. The van der Waals surface area contributed by atoms with E-state index in [1.54, 1.807) is 24.3 Å². The number of amides is 1. The molecule has 0 aromatic heterocycles. The summed E-state index contributed by atoms with van der Waals surface area (Å²) in [6.45, 7) is 0. The van der Waals surface area contributed by atoms with Gasteiger partial charge < -0.3 is 5.32 Å². The van der Waals surface area contributed by atoms with Gasteiger partial charge in [0.25, 0.3) is 5.91 Å². The number of carbonyl (C=O) groups is 1. The van der Waals surface area contributed by atoms with E-state index < -0.39 is 9.84 Å². The standard InChI is InChI=1S/C14H11BrClNO3S/c1-21(19,20)11-4-2-3-10(8-11)17-14(18)9-5-6-12(15)13(16)7-9/h2-8H,1H3,(H,17,18). The highest BCUT2D eigenvalue weighted by molar-refractivity contribution is 9.10. The molecule has 0 unspecified atom stereocenters. The van der Waals surface area contributed by atoms with Gasteiger partial charge in [-0.3, -0.25) is 4.79 Å². The van der Waals surface area contributed by atoms with Gasteiger partial charge in [0.05, 0.1) is 9.92 Å². The van der Waals surface area contributed by atoms with Crippen LogP contribution < -0.4 is 5.32 Å². The highest BCUT2D eigenvalue weighted by Crippen LogP contribution is 2.24. The Hall–Kier alpha value is -1.37. The first-order chi connectivity index (χ1) is 9.77. The summed E-state index contributed by atoms with van der Waals surface area (Å²) in [6, 6.07) is 10.9. The first-order valence-electron chi connectivity index (χ1n) is 5.84. The van der Waals surface area contributed by atoms with Gasteiger partial charge in [-0.05, 0) is 52.3 Å². The van der Waals surface area contributed by atoms with Crippen molar-refractivity contribution < 1.29 is 13.2 Å². The van der Waals surface area contributed by atoms with Crippen LogP contribution in [-0.4, -0.2) is 20.6 Å². The highest BCUT2D eigenvalue weighted by atomic mass is 79.9. The topological polar surface area (TPSA) is 63.2 Å². The van der Waals surface area contributed by atoms with E-state index in [1.165, 1.54) is 18.2 Å². The van der Waals surface area contributed by atoms with Crippen molar-refractivity contribution in [2.24, 2.45) is 0 Å². The maximum Gasteiger partial charge on any atom is 0.255 e. The lowest BCUT2D eigenvalue weighted by atomic mass is 10.2. The maximum absolute atomic E-state index is 12.1. The average molecular weight is 389 g/mol. The van der Waals surface area contributed by atoms with Crippen LogP contribution in [0.2, 0.25) is 5.02 Å². The fourth-order valence-electron chi connectivity index (χ4n) is 1.65. The molecule has 0 heterocycles. The molecule has 0 atom stereocenters. The van der Waals surface area contributed by atoms with Gasteiger partial charge in [0.15, 0.2) is 9.84 Å². The maximum atomic E-state index is 12.1. The number of hydrogen-bond donors (Lipinski definition) is 1. The number of anilines is 1. The Morgan fingerprint density at radius 1 is 1.19 bits per heavy atom. The molecule has 0 bridgehead atoms. The molecule has 21 heavy (non-hydrogen) atoms. The zero-order valence-corrected chi connectivity index (χ0v) is 14.1. The number of rotatable bonds is 3. The Bertz CT molecular complexity index is 806. The first kappa shape index (κ1) is 16.0. The van der Waals surface area contributed by atoms with Gasteiger partial charge in [0, 0.05) is 22.0 Å². The molecular formula is C14H11BrClNO3S. The van der Waals surface area contributed by atoms with E-state index in [2.05, 4.69) is 21.2 Å². The second kappa shape index (κ2) is 6.17. The molecule has 0 spiro atoms. The van der Waals surface area contributed by atoms with E-state index >= 15 is 0 Å². The van der Waals surface area contributed by atoms with Gasteiger partial charge in [-0.2, -0.15) is 0 Å². The number of carbonyl (C=O) groups excluding carboxylic acids is 1. The lowest BCUT2D eigenvalue weighted by Crippen LogP contribution is -2.12. The quantitative estimate of drug-likeness (QED) is 0.871. The van der Waals surface area contributed by atoms with Crippen LogP contribution in [0.4, 0.5) is 5.69 Å². The van der Waals surface area contributed by atoms with Crippen molar-refractivity contribution in [1.82, 2.24) is 0 Å². The molecule has 0 radical (unpaired) electrons. The molecule has 2 aromatic rings. The minimum absolute atomic E-state index is 0.147. The molecule has 110 valence electrons. The summed E-state index contributed by atoms with van der Waals surface area (Å²) >= 11 is 9.19. The third-order valence-corrected chi connectivity index (χ3v) is 5.04. The molecule has 2 rings (SSSR count). The van der Waals surface area contributed by atoms with Crippen LogP contribution >= 0.6 is 27.5 Å². The monoisotopic (exact) mass is 387 g/mol. The lowest BCUT2D eigenvalue weighted by molar-refractivity contribution is 0.102. The summed E-state index contributed by atoms with van der Waals surface area (Å²) in [4.78, 5) is 12.3. The van der Waals surface area contributed by atoms with Crippen LogP contribution in [0.15, 0.2) is 51.8 Å². The van der Waals surface area contributed by atoms with Gasteiger partial charge in [-0.15, -0.1) is 0 Å². The summed E-state index contributed by atoms with van der Waals surface area (Å²) in [5.41, 5.74) is 0.787. The molecule has 2 aromatic carbocycles. The second-order valence-electron chi connectivity index (χ2n) is 4.38. The van der Waals surface area contributed by atoms with Crippen molar-refractivity contribution >= 4 is 49.0 Å². The van der Waals surface area contributed by atoms with E-state index in [0.717, 1.165) is 6.26 Å². The molecule has 0 aliphatic rings. The summed E-state index contributed by atoms with van der Waals surface area (Å²) in [6.07, 6.45) is 1.11. The minimum atomic E-state index is -3.32. The Balaban J connectivity index is 2.25. The highest BCUT2D eigenvalue weighted by Gasteiger charge is 2.11. The summed E-state index contributed by atoms with van der Waals surface area (Å²) in [5.74, 6) is -0.366. The van der Waals surface area contributed by atoms with E-state index in [4.69, 9.17) is 11.6 Å². The van der Waals surface area contributed by atoms with Gasteiger partial charge in [0.1, 0.15) is 0 Å². The smallest absolute Gasteiger partial charge is 0.255 e. The zero-order chi connectivity index (χ0) is 15.6. The van der Waals surface area contributed by atoms with Gasteiger partial charge in [0.2, 0.25) is 0 Å². The molecule has 0 aliphatic heterocycles. The van der Waals surface area contributed by atoms with Gasteiger partial charge in [-0.1, -0.05) is 17.7 Å². The fraction of sp³-hybridized carbons (Fsp3) is 0.0714. The van der Waals surface area contributed by atoms with Crippen LogP contribution in [0, 0.1) is 0 Å². The molecule has 0 saturated heterocycles. The molecular weight excluding hydrogens is 378 g/mol. The largest absolute Gasteiger partial charge is 0.322 e. The average Bonchev–Trinajstić information content (AvgIpc) is 2.41. The van der Waals surface area contributed by atoms with Gasteiger partial charge >= 0.3 is 0 Å². The van der Waals surface area contributed by atoms with E-state index in [1.807, 2.05) is 0 Å². The normalized spacial score (nSPS) is 11.2. The molecule has 7 heteroatoms. The Morgan fingerprint density at radius 2 is 1.90 bits per heavy atom. The van der Waals surface area contributed by atoms with Crippen molar-refractivity contribution in [1.29, 1.82) is 0 Å². The molecule has 4 nitrogen and oxygen atoms in total. The van der Waals surface area contributed by atoms with Crippen molar-refractivity contribution in [3.05, 3.63) is 57.5 Å². The summed E-state index contributed by atoms with van der Waals surface area (Å²) < 4.78 is 23.7. The fourth-order valence-corrected chi connectivity index (χ4v) is 2.74. The Morgan fingerprint density at radius 3 is 2.52 bits per heavy atom. The predicted octanol–water partition coefficient (Wildman–Crippen LogP) is 3.76. The number of nitrogens with one attached hydrogen (secondary N) is 1. The summed E-state index contributed by atoms with van der Waals surface area (Å²) in [7, 11) is -3.32. The predicted molar refractivity (Wildman–Crippen MR) is 86.7 cm³/mol. The van der Waals surface area contributed by atoms with Crippen LogP contribution in [0.1, 0.15) is 10.4 Å². The zero-order valence-electron chi connectivity index (χ0n) is 10.9. The second-order valence-corrected chi connectivity index (χ2v) is 7.66. The van der Waals surface area contributed by atoms with E-state index in [0.29, 0.717) is 20.7 Å². The number of benzene rings is 2. The first-order valence-corrected chi connectivity index (χ1v) is 8.90. The number of hydrogen-bond acceptors (Lipinski definition) is 3. The van der Waals surface area contributed by atoms with Gasteiger partial charge in [-0.25, -0.2) is 8.42 Å². The molecule has 1 amide bonds. The van der Waals surface area contributed by atoms with E-state index in [-0.39, 0.29) is 10.8 Å². The van der Waals surface area contributed by atoms with Crippen molar-refractivity contribution in [3.8, 4) is 0 Å². The van der Waals surface area contributed by atoms with Crippen LogP contribution in [-0.2, 0) is 9.84 Å². The summed E-state index contributed by atoms with van der Waals surface area (Å²) in [5, 5.41) is 3.06. The molecule has 0 fully saturated rings. The van der Waals surface area contributed by atoms with Crippen LogP contribution in [0.25, 0.3) is 0 Å². The Labute approximate surface area is 136 Å².